The van der Waals surface area contributed by atoms with Crippen LogP contribution >= 0.6 is 0 Å². The molecule has 0 bridgehead atoms. The molecule has 0 atom stereocenters. The summed E-state index contributed by atoms with van der Waals surface area (Å²) < 4.78 is 2.40. The summed E-state index contributed by atoms with van der Waals surface area (Å²) in [5.74, 6) is 0. The van der Waals surface area contributed by atoms with Crippen molar-refractivity contribution in [1.82, 2.24) is 19.4 Å². The lowest BCUT2D eigenvalue weighted by Crippen LogP contribution is -2.38. The van der Waals surface area contributed by atoms with Crippen LogP contribution < -0.4 is 0 Å². The van der Waals surface area contributed by atoms with E-state index in [4.69, 9.17) is 0 Å². The predicted molar refractivity (Wildman–Crippen MR) is 94.8 cm³/mol. The van der Waals surface area contributed by atoms with E-state index in [0.29, 0.717) is 12.1 Å². The van der Waals surface area contributed by atoms with E-state index in [1.807, 2.05) is 12.5 Å². The molecule has 0 unspecified atom stereocenters. The Balaban J connectivity index is 1.77. The highest BCUT2D eigenvalue weighted by molar-refractivity contribution is 6.02. The minimum atomic E-state index is 0.543. The Bertz CT molecular complexity index is 841. The monoisotopic (exact) mass is 308 g/mol. The topological polar surface area (TPSA) is 34.0 Å². The number of aryl methyl sites for hydroxylation is 1. The minimum absolute atomic E-state index is 0.543. The molecule has 3 aromatic rings. The molecular weight excluding hydrogens is 284 g/mol. The van der Waals surface area contributed by atoms with E-state index in [-0.39, 0.29) is 0 Å². The summed E-state index contributed by atoms with van der Waals surface area (Å²) in [5, 5.41) is 1.23. The number of piperidine rings is 1. The second kappa shape index (κ2) is 5.60. The largest absolute Gasteiger partial charge is 0.327 e. The van der Waals surface area contributed by atoms with Crippen LogP contribution in [0.15, 0.2) is 30.7 Å². The molecule has 0 amide bonds. The van der Waals surface area contributed by atoms with E-state index in [2.05, 4.69) is 58.4 Å². The Labute approximate surface area is 137 Å². The smallest absolute Gasteiger partial charge is 0.107 e. The van der Waals surface area contributed by atoms with Crippen LogP contribution in [-0.2, 0) is 0 Å². The molecular formula is C19H24N4. The number of imidazole rings is 1. The molecule has 4 rings (SSSR count). The van der Waals surface area contributed by atoms with Gasteiger partial charge in [0.2, 0.25) is 0 Å². The van der Waals surface area contributed by atoms with Crippen molar-refractivity contribution in [3.63, 3.8) is 0 Å². The van der Waals surface area contributed by atoms with Gasteiger partial charge in [-0.15, -0.1) is 0 Å². The van der Waals surface area contributed by atoms with E-state index < -0.39 is 0 Å². The van der Waals surface area contributed by atoms with Gasteiger partial charge in [-0.2, -0.15) is 0 Å². The zero-order valence-corrected chi connectivity index (χ0v) is 14.2. The van der Waals surface area contributed by atoms with Crippen LogP contribution in [0, 0.1) is 6.92 Å². The molecule has 0 spiro atoms. The Morgan fingerprint density at radius 2 is 1.87 bits per heavy atom. The van der Waals surface area contributed by atoms with Crippen molar-refractivity contribution in [2.24, 2.45) is 0 Å². The van der Waals surface area contributed by atoms with Crippen LogP contribution in [0.25, 0.3) is 21.9 Å². The number of fused-ring (bicyclic) bond motifs is 3. The molecule has 1 aliphatic heterocycles. The van der Waals surface area contributed by atoms with E-state index in [9.17, 15) is 0 Å². The van der Waals surface area contributed by atoms with Gasteiger partial charge in [-0.25, -0.2) is 4.98 Å². The van der Waals surface area contributed by atoms with E-state index in [1.165, 1.54) is 42.4 Å². The van der Waals surface area contributed by atoms with Crippen LogP contribution in [0.4, 0.5) is 0 Å². The highest BCUT2D eigenvalue weighted by Crippen LogP contribution is 2.31. The molecule has 4 nitrogen and oxygen atoms in total. The lowest BCUT2D eigenvalue weighted by molar-refractivity contribution is 0.153. The number of benzene rings is 1. The summed E-state index contributed by atoms with van der Waals surface area (Å²) in [4.78, 5) is 11.7. The zero-order chi connectivity index (χ0) is 16.0. The van der Waals surface area contributed by atoms with E-state index >= 15 is 0 Å². The summed E-state index contributed by atoms with van der Waals surface area (Å²) in [6.45, 7) is 9.05. The predicted octanol–water partition coefficient (Wildman–Crippen LogP) is 3.94. The average Bonchev–Trinajstić information content (AvgIpc) is 2.99. The number of rotatable bonds is 2. The van der Waals surface area contributed by atoms with Crippen molar-refractivity contribution in [2.45, 2.75) is 45.7 Å². The third-order valence-electron chi connectivity index (χ3n) is 5.18. The van der Waals surface area contributed by atoms with Gasteiger partial charge in [-0.3, -0.25) is 4.98 Å². The normalized spacial score (nSPS) is 17.6. The zero-order valence-electron chi connectivity index (χ0n) is 14.2. The average molecular weight is 308 g/mol. The fourth-order valence-corrected chi connectivity index (χ4v) is 3.79. The van der Waals surface area contributed by atoms with Gasteiger partial charge >= 0.3 is 0 Å². The second-order valence-electron chi connectivity index (χ2n) is 7.03. The maximum atomic E-state index is 4.61. The summed E-state index contributed by atoms with van der Waals surface area (Å²) in [6.07, 6.45) is 6.31. The fourth-order valence-electron chi connectivity index (χ4n) is 3.79. The third kappa shape index (κ3) is 2.51. The minimum Gasteiger partial charge on any atom is -0.327 e. The Kier molecular flexibility index (Phi) is 3.57. The van der Waals surface area contributed by atoms with Gasteiger partial charge in [-0.1, -0.05) is 11.6 Å². The molecule has 3 heterocycles. The Morgan fingerprint density at radius 3 is 2.61 bits per heavy atom. The van der Waals surface area contributed by atoms with Crippen LogP contribution in [0.1, 0.15) is 38.3 Å². The molecule has 0 N–H and O–H groups in total. The number of hydrogen-bond donors (Lipinski definition) is 0. The lowest BCUT2D eigenvalue weighted by atomic mass is 10.0. The van der Waals surface area contributed by atoms with Crippen molar-refractivity contribution in [1.29, 1.82) is 0 Å². The lowest BCUT2D eigenvalue weighted by Gasteiger charge is -2.35. The van der Waals surface area contributed by atoms with E-state index in [1.54, 1.807) is 0 Å². The highest BCUT2D eigenvalue weighted by atomic mass is 15.2. The summed E-state index contributed by atoms with van der Waals surface area (Å²) >= 11 is 0. The molecule has 4 heteroatoms. The van der Waals surface area contributed by atoms with Crippen LogP contribution in [0.2, 0.25) is 0 Å². The standard InChI is InChI=1S/C19H24N4/c1-13(2)22-8-6-15(7-9-22)23-12-21-18-11-20-17-5-4-14(3)10-16(17)19(18)23/h4-5,10-13,15H,6-9H2,1-3H3. The molecule has 0 radical (unpaired) electrons. The maximum absolute atomic E-state index is 4.61. The van der Waals surface area contributed by atoms with Gasteiger partial charge in [0.15, 0.2) is 0 Å². The summed E-state index contributed by atoms with van der Waals surface area (Å²) in [6, 6.07) is 7.67. The Morgan fingerprint density at radius 1 is 1.09 bits per heavy atom. The van der Waals surface area contributed by atoms with Crippen LogP contribution in [0.5, 0.6) is 0 Å². The number of nitrogens with zero attached hydrogens (tertiary/aromatic N) is 4. The molecule has 0 saturated carbocycles. The van der Waals surface area contributed by atoms with Crippen LogP contribution in [0.3, 0.4) is 0 Å². The summed E-state index contributed by atoms with van der Waals surface area (Å²) in [7, 11) is 0. The van der Waals surface area contributed by atoms with Gasteiger partial charge in [0.25, 0.3) is 0 Å². The first-order valence-electron chi connectivity index (χ1n) is 8.59. The van der Waals surface area contributed by atoms with Crippen molar-refractivity contribution in [2.75, 3.05) is 13.1 Å². The van der Waals surface area contributed by atoms with Crippen molar-refractivity contribution in [3.8, 4) is 0 Å². The van der Waals surface area contributed by atoms with Crippen molar-refractivity contribution in [3.05, 3.63) is 36.3 Å². The first kappa shape index (κ1) is 14.6. The third-order valence-corrected chi connectivity index (χ3v) is 5.18. The first-order chi connectivity index (χ1) is 11.1. The highest BCUT2D eigenvalue weighted by Gasteiger charge is 2.23. The maximum Gasteiger partial charge on any atom is 0.107 e. The number of pyridine rings is 1. The van der Waals surface area contributed by atoms with E-state index in [0.717, 1.165) is 11.0 Å². The SMILES string of the molecule is Cc1ccc2ncc3ncn(C4CCN(C(C)C)CC4)c3c2c1. The van der Waals surface area contributed by atoms with Gasteiger partial charge in [-0.05, 0) is 45.7 Å². The molecule has 23 heavy (non-hydrogen) atoms. The number of likely N-dealkylation sites (tertiary alicyclic amines) is 1. The van der Waals surface area contributed by atoms with Gasteiger partial charge < -0.3 is 9.47 Å². The fraction of sp³-hybridized carbons (Fsp3) is 0.474. The molecule has 2 aromatic heterocycles. The van der Waals surface area contributed by atoms with Gasteiger partial charge in [0.1, 0.15) is 5.52 Å². The molecule has 1 fully saturated rings. The molecule has 1 aliphatic rings. The second-order valence-corrected chi connectivity index (χ2v) is 7.03. The van der Waals surface area contributed by atoms with Gasteiger partial charge in [0.05, 0.1) is 23.6 Å². The molecule has 1 aromatic carbocycles. The molecule has 0 aliphatic carbocycles. The quantitative estimate of drug-likeness (QED) is 0.719. The number of hydrogen-bond acceptors (Lipinski definition) is 3. The Hall–Kier alpha value is -1.94. The molecule has 120 valence electrons. The summed E-state index contributed by atoms with van der Waals surface area (Å²) in [5.41, 5.74) is 4.59. The first-order valence-corrected chi connectivity index (χ1v) is 8.59. The molecule has 1 saturated heterocycles. The van der Waals surface area contributed by atoms with Gasteiger partial charge in [0, 0.05) is 30.6 Å². The van der Waals surface area contributed by atoms with Crippen LogP contribution in [-0.4, -0.2) is 38.6 Å². The number of aromatic nitrogens is 3. The van der Waals surface area contributed by atoms with Crippen molar-refractivity contribution >= 4 is 21.9 Å². The van der Waals surface area contributed by atoms with Crippen molar-refractivity contribution < 1.29 is 0 Å².